The number of para-hydroxylation sites is 1. The highest BCUT2D eigenvalue weighted by atomic mass is 16.2. The van der Waals surface area contributed by atoms with Crippen molar-refractivity contribution in [2.75, 3.05) is 5.73 Å². The number of carbonyl (C=O) groups is 2. The van der Waals surface area contributed by atoms with E-state index in [4.69, 9.17) is 5.73 Å². The maximum absolute atomic E-state index is 12.2. The molecule has 3 nitrogen and oxygen atoms in total. The highest BCUT2D eigenvalue weighted by molar-refractivity contribution is 6.50. The number of hydrogen-bond acceptors (Lipinski definition) is 3. The van der Waals surface area contributed by atoms with Crippen LogP contribution in [0, 0.1) is 0 Å². The standard InChI is InChI=1S/C16H13NO2/c1-2-11-7-3-4-8-12(11)15(18)16(19)13-9-5-6-10-14(13)17/h2-10H,1,17H2. The minimum atomic E-state index is -0.604. The van der Waals surface area contributed by atoms with Gasteiger partial charge in [-0.25, -0.2) is 0 Å². The van der Waals surface area contributed by atoms with Gasteiger partial charge in [-0.3, -0.25) is 9.59 Å². The molecule has 0 unspecified atom stereocenters. The summed E-state index contributed by atoms with van der Waals surface area (Å²) >= 11 is 0. The summed E-state index contributed by atoms with van der Waals surface area (Å²) in [6.45, 7) is 3.64. The van der Waals surface area contributed by atoms with Gasteiger partial charge in [0.05, 0.1) is 0 Å². The van der Waals surface area contributed by atoms with Crippen LogP contribution in [0.4, 0.5) is 5.69 Å². The van der Waals surface area contributed by atoms with Crippen LogP contribution in [0.1, 0.15) is 26.3 Å². The zero-order chi connectivity index (χ0) is 13.8. The molecule has 19 heavy (non-hydrogen) atoms. The monoisotopic (exact) mass is 251 g/mol. The molecule has 0 aliphatic heterocycles. The molecule has 0 fully saturated rings. The van der Waals surface area contributed by atoms with Crippen molar-refractivity contribution in [3.8, 4) is 0 Å². The van der Waals surface area contributed by atoms with Gasteiger partial charge in [0, 0.05) is 16.8 Å². The molecule has 0 aliphatic rings. The third kappa shape index (κ3) is 2.45. The summed E-state index contributed by atoms with van der Waals surface area (Å²) in [6.07, 6.45) is 1.55. The molecule has 0 radical (unpaired) electrons. The third-order valence-electron chi connectivity index (χ3n) is 2.84. The number of Topliss-reactive ketones (excluding diaryl/α,β-unsaturated/α-hetero) is 2. The smallest absolute Gasteiger partial charge is 0.235 e. The van der Waals surface area contributed by atoms with Gasteiger partial charge in [0.2, 0.25) is 11.6 Å². The van der Waals surface area contributed by atoms with Crippen LogP contribution in [-0.2, 0) is 0 Å². The lowest BCUT2D eigenvalue weighted by molar-refractivity contribution is 0.0817. The lowest BCUT2D eigenvalue weighted by atomic mass is 9.97. The van der Waals surface area contributed by atoms with Gasteiger partial charge in [0.1, 0.15) is 0 Å². The van der Waals surface area contributed by atoms with E-state index in [1.165, 1.54) is 0 Å². The molecule has 0 amide bonds. The molecule has 0 saturated carbocycles. The molecule has 2 N–H and O–H groups in total. The number of ketones is 2. The Morgan fingerprint density at radius 3 is 2.05 bits per heavy atom. The minimum Gasteiger partial charge on any atom is -0.398 e. The first kappa shape index (κ1) is 12.8. The van der Waals surface area contributed by atoms with Gasteiger partial charge in [0.25, 0.3) is 0 Å². The Balaban J connectivity index is 2.43. The fourth-order valence-corrected chi connectivity index (χ4v) is 1.83. The Kier molecular flexibility index (Phi) is 3.57. The first-order valence-electron chi connectivity index (χ1n) is 5.80. The lowest BCUT2D eigenvalue weighted by Crippen LogP contribution is -2.17. The average Bonchev–Trinajstić information content (AvgIpc) is 2.46. The molecule has 0 atom stereocenters. The number of nitrogens with two attached hydrogens (primary N) is 1. The second-order valence-electron chi connectivity index (χ2n) is 4.04. The predicted molar refractivity (Wildman–Crippen MR) is 76.0 cm³/mol. The van der Waals surface area contributed by atoms with E-state index in [2.05, 4.69) is 6.58 Å². The average molecular weight is 251 g/mol. The Hall–Kier alpha value is -2.68. The van der Waals surface area contributed by atoms with Gasteiger partial charge in [-0.1, -0.05) is 49.1 Å². The molecular weight excluding hydrogens is 238 g/mol. The summed E-state index contributed by atoms with van der Waals surface area (Å²) in [5.41, 5.74) is 7.22. The Bertz CT molecular complexity index is 659. The van der Waals surface area contributed by atoms with Crippen molar-refractivity contribution < 1.29 is 9.59 Å². The highest BCUT2D eigenvalue weighted by Gasteiger charge is 2.21. The summed E-state index contributed by atoms with van der Waals surface area (Å²) < 4.78 is 0. The summed E-state index contributed by atoms with van der Waals surface area (Å²) in [5.74, 6) is -1.18. The maximum Gasteiger partial charge on any atom is 0.235 e. The van der Waals surface area contributed by atoms with Crippen molar-refractivity contribution in [2.24, 2.45) is 0 Å². The summed E-state index contributed by atoms with van der Waals surface area (Å²) in [5, 5.41) is 0. The number of benzene rings is 2. The fourth-order valence-electron chi connectivity index (χ4n) is 1.83. The Morgan fingerprint density at radius 2 is 1.42 bits per heavy atom. The topological polar surface area (TPSA) is 60.2 Å². The molecule has 0 bridgehead atoms. The van der Waals surface area contributed by atoms with Crippen molar-refractivity contribution in [3.63, 3.8) is 0 Å². The van der Waals surface area contributed by atoms with E-state index in [0.717, 1.165) is 0 Å². The van der Waals surface area contributed by atoms with E-state index in [1.807, 2.05) is 0 Å². The molecule has 0 aromatic heterocycles. The minimum absolute atomic E-state index is 0.228. The van der Waals surface area contributed by atoms with Crippen molar-refractivity contribution in [1.29, 1.82) is 0 Å². The van der Waals surface area contributed by atoms with E-state index in [0.29, 0.717) is 16.8 Å². The SMILES string of the molecule is C=Cc1ccccc1C(=O)C(=O)c1ccccc1N. The van der Waals surface area contributed by atoms with Crippen molar-refractivity contribution in [2.45, 2.75) is 0 Å². The number of nitrogen functional groups attached to an aromatic ring is 1. The van der Waals surface area contributed by atoms with Crippen LogP contribution in [0.5, 0.6) is 0 Å². The number of anilines is 1. The van der Waals surface area contributed by atoms with Crippen LogP contribution < -0.4 is 5.73 Å². The van der Waals surface area contributed by atoms with Gasteiger partial charge in [-0.05, 0) is 17.7 Å². The summed E-state index contributed by atoms with van der Waals surface area (Å²) in [7, 11) is 0. The van der Waals surface area contributed by atoms with E-state index in [9.17, 15) is 9.59 Å². The van der Waals surface area contributed by atoms with Crippen LogP contribution in [0.15, 0.2) is 55.1 Å². The van der Waals surface area contributed by atoms with E-state index < -0.39 is 11.6 Å². The largest absolute Gasteiger partial charge is 0.398 e. The van der Waals surface area contributed by atoms with Crippen LogP contribution >= 0.6 is 0 Å². The zero-order valence-electron chi connectivity index (χ0n) is 10.3. The highest BCUT2D eigenvalue weighted by Crippen LogP contribution is 2.17. The number of hydrogen-bond donors (Lipinski definition) is 1. The zero-order valence-corrected chi connectivity index (χ0v) is 10.3. The molecule has 2 aromatic rings. The quantitative estimate of drug-likeness (QED) is 0.516. The maximum atomic E-state index is 12.2. The number of carbonyl (C=O) groups excluding carboxylic acids is 2. The molecule has 3 heteroatoms. The second kappa shape index (κ2) is 5.31. The van der Waals surface area contributed by atoms with Crippen molar-refractivity contribution in [3.05, 3.63) is 71.8 Å². The molecule has 0 aliphatic carbocycles. The first-order valence-corrected chi connectivity index (χ1v) is 5.80. The second-order valence-corrected chi connectivity index (χ2v) is 4.04. The van der Waals surface area contributed by atoms with Crippen LogP contribution in [-0.4, -0.2) is 11.6 Å². The number of rotatable bonds is 4. The molecule has 0 spiro atoms. The van der Waals surface area contributed by atoms with E-state index in [1.54, 1.807) is 54.6 Å². The van der Waals surface area contributed by atoms with E-state index >= 15 is 0 Å². The van der Waals surface area contributed by atoms with E-state index in [-0.39, 0.29) is 5.56 Å². The molecule has 94 valence electrons. The van der Waals surface area contributed by atoms with Crippen molar-refractivity contribution in [1.82, 2.24) is 0 Å². The van der Waals surface area contributed by atoms with Gasteiger partial charge in [-0.15, -0.1) is 0 Å². The normalized spacial score (nSPS) is 9.89. The fraction of sp³-hybridized carbons (Fsp3) is 0. The summed E-state index contributed by atoms with van der Waals surface area (Å²) in [6, 6.07) is 13.4. The van der Waals surface area contributed by atoms with Gasteiger partial charge >= 0.3 is 0 Å². The Labute approximate surface area is 111 Å². The molecular formula is C16H13NO2. The molecule has 0 heterocycles. The van der Waals surface area contributed by atoms with Gasteiger partial charge in [0.15, 0.2) is 0 Å². The molecule has 0 saturated heterocycles. The first-order chi connectivity index (χ1) is 9.15. The molecule has 2 aromatic carbocycles. The van der Waals surface area contributed by atoms with Crippen LogP contribution in [0.25, 0.3) is 6.08 Å². The summed E-state index contributed by atoms with van der Waals surface area (Å²) in [4.78, 5) is 24.4. The molecule has 2 rings (SSSR count). The third-order valence-corrected chi connectivity index (χ3v) is 2.84. The van der Waals surface area contributed by atoms with Crippen molar-refractivity contribution >= 4 is 23.3 Å². The lowest BCUT2D eigenvalue weighted by Gasteiger charge is -2.06. The Morgan fingerprint density at radius 1 is 0.895 bits per heavy atom. The van der Waals surface area contributed by atoms with Gasteiger partial charge < -0.3 is 5.73 Å². The van der Waals surface area contributed by atoms with Crippen LogP contribution in [0.3, 0.4) is 0 Å². The van der Waals surface area contributed by atoms with Gasteiger partial charge in [-0.2, -0.15) is 0 Å². The predicted octanol–water partition coefficient (Wildman–Crippen LogP) is 2.98. The van der Waals surface area contributed by atoms with Crippen LogP contribution in [0.2, 0.25) is 0 Å².